The van der Waals surface area contributed by atoms with Crippen molar-refractivity contribution >= 4 is 5.91 Å². The minimum absolute atomic E-state index is 0.0488. The summed E-state index contributed by atoms with van der Waals surface area (Å²) >= 11 is 0. The zero-order valence-electron chi connectivity index (χ0n) is 14.9. The molecule has 0 radical (unpaired) electrons. The van der Waals surface area contributed by atoms with Gasteiger partial charge in [0, 0.05) is 57.4 Å². The molecule has 0 spiro atoms. The molecular weight excluding hydrogens is 320 g/mol. The van der Waals surface area contributed by atoms with Crippen LogP contribution in [0.3, 0.4) is 0 Å². The Morgan fingerprint density at radius 1 is 1.36 bits per heavy atom. The van der Waals surface area contributed by atoms with Gasteiger partial charge >= 0.3 is 0 Å². The number of ether oxygens (including phenoxy) is 1. The van der Waals surface area contributed by atoms with Gasteiger partial charge in [-0.1, -0.05) is 13.0 Å². The van der Waals surface area contributed by atoms with E-state index in [0.29, 0.717) is 45.7 Å². The maximum absolute atomic E-state index is 12.5. The maximum Gasteiger partial charge on any atom is 0.250 e. The third kappa shape index (κ3) is 3.96. The summed E-state index contributed by atoms with van der Waals surface area (Å²) in [5.41, 5.74) is -0.784. The predicted molar refractivity (Wildman–Crippen MR) is 94.2 cm³/mol. The Kier molecular flexibility index (Phi) is 5.59. The van der Waals surface area contributed by atoms with Crippen LogP contribution in [-0.4, -0.2) is 52.4 Å². The highest BCUT2D eigenvalue weighted by molar-refractivity contribution is 5.76. The van der Waals surface area contributed by atoms with Gasteiger partial charge in [0.05, 0.1) is 5.60 Å². The largest absolute Gasteiger partial charge is 0.389 e. The number of hydrogen-bond acceptors (Lipinski definition) is 4. The predicted octanol–water partition coefficient (Wildman–Crippen LogP) is 1.26. The van der Waals surface area contributed by atoms with Crippen molar-refractivity contribution in [3.05, 3.63) is 34.7 Å². The maximum atomic E-state index is 12.5. The number of carbonyl (C=O) groups is 1. The SMILES string of the molecule is C[C@@H]1CN(C(=O)CCn2ccccc2=O)CC[C@@]1(O)C1CCOCC1. The van der Waals surface area contributed by atoms with E-state index >= 15 is 0 Å². The summed E-state index contributed by atoms with van der Waals surface area (Å²) in [4.78, 5) is 26.1. The zero-order chi connectivity index (χ0) is 17.9. The average molecular weight is 348 g/mol. The van der Waals surface area contributed by atoms with Crippen molar-refractivity contribution in [3.63, 3.8) is 0 Å². The second-order valence-corrected chi connectivity index (χ2v) is 7.35. The zero-order valence-corrected chi connectivity index (χ0v) is 14.9. The van der Waals surface area contributed by atoms with Crippen molar-refractivity contribution in [3.8, 4) is 0 Å². The fourth-order valence-corrected chi connectivity index (χ4v) is 4.19. The molecule has 2 saturated heterocycles. The molecule has 2 aliphatic rings. The number of likely N-dealkylation sites (tertiary alicyclic amines) is 1. The van der Waals surface area contributed by atoms with Gasteiger partial charge in [0.15, 0.2) is 0 Å². The Labute approximate surface area is 148 Å². The smallest absolute Gasteiger partial charge is 0.250 e. The van der Waals surface area contributed by atoms with Crippen LogP contribution in [0.1, 0.15) is 32.6 Å². The first-order chi connectivity index (χ1) is 12.0. The van der Waals surface area contributed by atoms with E-state index in [0.717, 1.165) is 12.8 Å². The Balaban J connectivity index is 1.56. The molecule has 138 valence electrons. The van der Waals surface area contributed by atoms with Gasteiger partial charge in [0.2, 0.25) is 5.91 Å². The molecule has 1 N–H and O–H groups in total. The van der Waals surface area contributed by atoms with Crippen molar-refractivity contribution in [2.45, 2.75) is 44.8 Å². The summed E-state index contributed by atoms with van der Waals surface area (Å²) in [5.74, 6) is 0.362. The summed E-state index contributed by atoms with van der Waals surface area (Å²) in [6.45, 7) is 5.03. The van der Waals surface area contributed by atoms with Gasteiger partial charge in [0.1, 0.15) is 0 Å². The first-order valence-electron chi connectivity index (χ1n) is 9.24. The van der Waals surface area contributed by atoms with E-state index in [1.54, 1.807) is 22.9 Å². The van der Waals surface area contributed by atoms with E-state index in [-0.39, 0.29) is 23.3 Å². The van der Waals surface area contributed by atoms with Gasteiger partial charge in [-0.05, 0) is 31.2 Å². The van der Waals surface area contributed by atoms with Crippen LogP contribution >= 0.6 is 0 Å². The number of aryl methyl sites for hydroxylation is 1. The molecule has 0 bridgehead atoms. The third-order valence-corrected chi connectivity index (χ3v) is 5.88. The lowest BCUT2D eigenvalue weighted by Crippen LogP contribution is -2.57. The van der Waals surface area contributed by atoms with E-state index in [1.165, 1.54) is 6.07 Å². The molecule has 3 rings (SSSR count). The number of amides is 1. The van der Waals surface area contributed by atoms with Crippen LogP contribution in [-0.2, 0) is 16.1 Å². The molecule has 0 unspecified atom stereocenters. The topological polar surface area (TPSA) is 71.8 Å². The van der Waals surface area contributed by atoms with Crippen molar-refractivity contribution < 1.29 is 14.6 Å². The molecule has 6 nitrogen and oxygen atoms in total. The van der Waals surface area contributed by atoms with Gasteiger partial charge in [0.25, 0.3) is 5.56 Å². The second-order valence-electron chi connectivity index (χ2n) is 7.35. The van der Waals surface area contributed by atoms with E-state index in [9.17, 15) is 14.7 Å². The lowest BCUT2D eigenvalue weighted by molar-refractivity contribution is -0.151. The fourth-order valence-electron chi connectivity index (χ4n) is 4.19. The van der Waals surface area contributed by atoms with E-state index in [2.05, 4.69) is 0 Å². The van der Waals surface area contributed by atoms with Crippen LogP contribution < -0.4 is 5.56 Å². The quantitative estimate of drug-likeness (QED) is 0.889. The minimum Gasteiger partial charge on any atom is -0.389 e. The number of piperidine rings is 1. The highest BCUT2D eigenvalue weighted by Crippen LogP contribution is 2.39. The summed E-state index contributed by atoms with van der Waals surface area (Å²) < 4.78 is 6.97. The molecule has 1 aromatic rings. The highest BCUT2D eigenvalue weighted by atomic mass is 16.5. The van der Waals surface area contributed by atoms with Crippen LogP contribution in [0.5, 0.6) is 0 Å². The van der Waals surface area contributed by atoms with Crippen molar-refractivity contribution in [2.24, 2.45) is 11.8 Å². The second kappa shape index (κ2) is 7.70. The van der Waals surface area contributed by atoms with Crippen molar-refractivity contribution in [1.82, 2.24) is 9.47 Å². The Bertz CT molecular complexity index is 653. The van der Waals surface area contributed by atoms with E-state index in [1.807, 2.05) is 11.8 Å². The van der Waals surface area contributed by atoms with Crippen LogP contribution in [0.15, 0.2) is 29.2 Å². The van der Waals surface area contributed by atoms with E-state index in [4.69, 9.17) is 4.74 Å². The minimum atomic E-state index is -0.697. The molecule has 0 saturated carbocycles. The number of pyridine rings is 1. The van der Waals surface area contributed by atoms with Crippen LogP contribution in [0.25, 0.3) is 0 Å². The molecule has 2 atom stereocenters. The molecule has 0 aliphatic carbocycles. The average Bonchev–Trinajstić information content (AvgIpc) is 2.64. The molecule has 3 heterocycles. The normalized spacial score (nSPS) is 28.1. The Morgan fingerprint density at radius 3 is 2.80 bits per heavy atom. The molecule has 6 heteroatoms. The first-order valence-corrected chi connectivity index (χ1v) is 9.24. The monoisotopic (exact) mass is 348 g/mol. The molecule has 0 aromatic carbocycles. The number of nitrogens with zero attached hydrogens (tertiary/aromatic N) is 2. The first kappa shape index (κ1) is 18.1. The standard InChI is InChI=1S/C19H28N2O4/c1-15-14-21(11-8-19(15,24)16-6-12-25-13-7-16)18(23)5-10-20-9-3-2-4-17(20)22/h2-4,9,15-16,24H,5-8,10-14H2,1H3/t15-,19+/m1/s1. The fraction of sp³-hybridized carbons (Fsp3) is 0.684. The summed E-state index contributed by atoms with van der Waals surface area (Å²) in [6.07, 6.45) is 4.43. The van der Waals surface area contributed by atoms with Crippen molar-refractivity contribution in [1.29, 1.82) is 0 Å². The lowest BCUT2D eigenvalue weighted by atomic mass is 9.70. The Hall–Kier alpha value is -1.66. The summed E-state index contributed by atoms with van der Waals surface area (Å²) in [7, 11) is 0. The molecule has 2 aliphatic heterocycles. The molecule has 1 amide bonds. The molecular formula is C19H28N2O4. The molecule has 1 aromatic heterocycles. The lowest BCUT2D eigenvalue weighted by Gasteiger charge is -2.48. The molecule has 2 fully saturated rings. The van der Waals surface area contributed by atoms with Crippen LogP contribution in [0, 0.1) is 11.8 Å². The molecule has 25 heavy (non-hydrogen) atoms. The number of rotatable bonds is 4. The van der Waals surface area contributed by atoms with Gasteiger partial charge in [-0.25, -0.2) is 0 Å². The Morgan fingerprint density at radius 2 is 2.12 bits per heavy atom. The van der Waals surface area contributed by atoms with Gasteiger partial charge in [-0.2, -0.15) is 0 Å². The number of carbonyl (C=O) groups excluding carboxylic acids is 1. The van der Waals surface area contributed by atoms with Crippen LogP contribution in [0.4, 0.5) is 0 Å². The number of aliphatic hydroxyl groups is 1. The van der Waals surface area contributed by atoms with Crippen molar-refractivity contribution in [2.75, 3.05) is 26.3 Å². The van der Waals surface area contributed by atoms with E-state index < -0.39 is 5.60 Å². The highest BCUT2D eigenvalue weighted by Gasteiger charge is 2.45. The number of aromatic nitrogens is 1. The van der Waals surface area contributed by atoms with Gasteiger partial charge in [-0.3, -0.25) is 9.59 Å². The third-order valence-electron chi connectivity index (χ3n) is 5.88. The summed E-state index contributed by atoms with van der Waals surface area (Å²) in [5, 5.41) is 11.2. The number of hydrogen-bond donors (Lipinski definition) is 1. The van der Waals surface area contributed by atoms with Gasteiger partial charge in [-0.15, -0.1) is 0 Å². The van der Waals surface area contributed by atoms with Crippen LogP contribution in [0.2, 0.25) is 0 Å². The van der Waals surface area contributed by atoms with Gasteiger partial charge < -0.3 is 19.3 Å². The summed E-state index contributed by atoms with van der Waals surface area (Å²) in [6, 6.07) is 4.99.